The zero-order chi connectivity index (χ0) is 16.0. The van der Waals surface area contributed by atoms with Crippen LogP contribution < -0.4 is 0 Å². The number of hydrogen-bond donors (Lipinski definition) is 0. The van der Waals surface area contributed by atoms with Gasteiger partial charge in [-0.3, -0.25) is 4.98 Å². The van der Waals surface area contributed by atoms with Gasteiger partial charge in [-0.2, -0.15) is 0 Å². The highest BCUT2D eigenvalue weighted by Gasteiger charge is 2.17. The molecule has 0 aliphatic rings. The van der Waals surface area contributed by atoms with Crippen molar-refractivity contribution in [3.05, 3.63) is 65.9 Å². The molecule has 4 rings (SSSR count). The summed E-state index contributed by atoms with van der Waals surface area (Å²) in [7, 11) is 0. The van der Waals surface area contributed by atoms with Crippen LogP contribution in [0.3, 0.4) is 0 Å². The molecular formula is C21H19NO. The topological polar surface area (TPSA) is 26.0 Å². The van der Waals surface area contributed by atoms with E-state index in [-0.39, 0.29) is 0 Å². The molecular weight excluding hydrogens is 282 g/mol. The Morgan fingerprint density at radius 3 is 2.43 bits per heavy atom. The van der Waals surface area contributed by atoms with Crippen molar-refractivity contribution >= 4 is 21.9 Å². The molecule has 2 heteroatoms. The summed E-state index contributed by atoms with van der Waals surface area (Å²) >= 11 is 0. The highest BCUT2D eigenvalue weighted by atomic mass is 16.3. The average molecular weight is 301 g/mol. The van der Waals surface area contributed by atoms with Crippen molar-refractivity contribution in [3.63, 3.8) is 0 Å². The largest absolute Gasteiger partial charge is 0.456 e. The quantitative estimate of drug-likeness (QED) is 0.448. The first-order valence-corrected chi connectivity index (χ1v) is 8.03. The lowest BCUT2D eigenvalue weighted by atomic mass is 9.99. The van der Waals surface area contributed by atoms with E-state index in [9.17, 15) is 0 Å². The maximum absolute atomic E-state index is 6.11. The summed E-state index contributed by atoms with van der Waals surface area (Å²) in [6.07, 6.45) is 0. The van der Waals surface area contributed by atoms with Crippen LogP contribution in [0.2, 0.25) is 0 Å². The molecule has 0 fully saturated rings. The monoisotopic (exact) mass is 301 g/mol. The summed E-state index contributed by atoms with van der Waals surface area (Å²) in [5.74, 6) is 0.336. The fourth-order valence-electron chi connectivity index (χ4n) is 3.19. The second kappa shape index (κ2) is 5.24. The van der Waals surface area contributed by atoms with Crippen molar-refractivity contribution in [1.29, 1.82) is 0 Å². The maximum atomic E-state index is 6.11. The van der Waals surface area contributed by atoms with Gasteiger partial charge in [0.05, 0.1) is 16.8 Å². The summed E-state index contributed by atoms with van der Waals surface area (Å²) in [4.78, 5) is 4.99. The van der Waals surface area contributed by atoms with Gasteiger partial charge < -0.3 is 4.42 Å². The van der Waals surface area contributed by atoms with Gasteiger partial charge in [-0.1, -0.05) is 56.3 Å². The number of hydrogen-bond acceptors (Lipinski definition) is 2. The van der Waals surface area contributed by atoms with E-state index in [1.807, 2.05) is 12.1 Å². The van der Waals surface area contributed by atoms with Crippen molar-refractivity contribution in [2.45, 2.75) is 26.7 Å². The molecule has 0 spiro atoms. The third-order valence-corrected chi connectivity index (χ3v) is 4.36. The minimum atomic E-state index is 0.336. The molecule has 2 nitrogen and oxygen atoms in total. The van der Waals surface area contributed by atoms with Crippen LogP contribution in [0.4, 0.5) is 0 Å². The molecule has 0 amide bonds. The third-order valence-electron chi connectivity index (χ3n) is 4.36. The zero-order valence-corrected chi connectivity index (χ0v) is 13.6. The van der Waals surface area contributed by atoms with Gasteiger partial charge in [0, 0.05) is 17.0 Å². The van der Waals surface area contributed by atoms with E-state index in [2.05, 4.69) is 63.2 Å². The minimum absolute atomic E-state index is 0.336. The molecule has 23 heavy (non-hydrogen) atoms. The number of furan rings is 1. The second-order valence-corrected chi connectivity index (χ2v) is 6.33. The Labute approximate surface area is 135 Å². The first-order chi connectivity index (χ1) is 11.1. The van der Waals surface area contributed by atoms with Crippen molar-refractivity contribution in [1.82, 2.24) is 4.98 Å². The van der Waals surface area contributed by atoms with Crippen LogP contribution in [0.25, 0.3) is 33.2 Å². The highest BCUT2D eigenvalue weighted by Crippen LogP contribution is 2.36. The van der Waals surface area contributed by atoms with Crippen LogP contribution in [0.15, 0.2) is 59.0 Å². The van der Waals surface area contributed by atoms with Gasteiger partial charge in [-0.15, -0.1) is 0 Å². The molecule has 2 aromatic heterocycles. The van der Waals surface area contributed by atoms with Crippen LogP contribution in [-0.2, 0) is 0 Å². The van der Waals surface area contributed by atoms with Gasteiger partial charge in [0.15, 0.2) is 0 Å². The Morgan fingerprint density at radius 1 is 0.913 bits per heavy atom. The lowest BCUT2D eigenvalue weighted by Gasteiger charge is -2.11. The van der Waals surface area contributed by atoms with Crippen LogP contribution in [-0.4, -0.2) is 4.98 Å². The van der Waals surface area contributed by atoms with E-state index >= 15 is 0 Å². The molecule has 4 aromatic rings. The van der Waals surface area contributed by atoms with E-state index in [1.54, 1.807) is 0 Å². The molecule has 2 heterocycles. The molecule has 0 aliphatic carbocycles. The predicted molar refractivity (Wildman–Crippen MR) is 95.8 cm³/mol. The summed E-state index contributed by atoms with van der Waals surface area (Å²) < 4.78 is 6.11. The van der Waals surface area contributed by atoms with Crippen molar-refractivity contribution in [2.24, 2.45) is 0 Å². The standard InChI is InChI=1S/C21H19NO/c1-13(2)21-20-16-10-6-7-11-18(16)23-19(20)12-17(22-21)15-9-5-4-8-14(15)3/h4-13H,1-3H3. The summed E-state index contributed by atoms with van der Waals surface area (Å²) in [6.45, 7) is 6.49. The lowest BCUT2D eigenvalue weighted by molar-refractivity contribution is 0.667. The lowest BCUT2D eigenvalue weighted by Crippen LogP contribution is -1.97. The Hall–Kier alpha value is -2.61. The van der Waals surface area contributed by atoms with E-state index < -0.39 is 0 Å². The molecule has 0 radical (unpaired) electrons. The van der Waals surface area contributed by atoms with Crippen molar-refractivity contribution in [2.75, 3.05) is 0 Å². The number of aryl methyl sites for hydroxylation is 1. The molecule has 0 bridgehead atoms. The molecule has 0 N–H and O–H groups in total. The SMILES string of the molecule is Cc1ccccc1-c1cc2oc3ccccc3c2c(C(C)C)n1. The number of pyridine rings is 1. The number of benzene rings is 2. The summed E-state index contributed by atoms with van der Waals surface area (Å²) in [5.41, 5.74) is 6.32. The van der Waals surface area contributed by atoms with Crippen molar-refractivity contribution < 1.29 is 4.42 Å². The predicted octanol–water partition coefficient (Wildman–Crippen LogP) is 6.08. The highest BCUT2D eigenvalue weighted by molar-refractivity contribution is 6.07. The molecule has 0 aliphatic heterocycles. The van der Waals surface area contributed by atoms with Gasteiger partial charge in [0.2, 0.25) is 0 Å². The van der Waals surface area contributed by atoms with Crippen LogP contribution in [0.5, 0.6) is 0 Å². The minimum Gasteiger partial charge on any atom is -0.456 e. The van der Waals surface area contributed by atoms with Crippen LogP contribution in [0, 0.1) is 6.92 Å². The second-order valence-electron chi connectivity index (χ2n) is 6.33. The average Bonchev–Trinajstić information content (AvgIpc) is 2.92. The van der Waals surface area contributed by atoms with Gasteiger partial charge in [-0.05, 0) is 24.5 Å². The normalized spacial score (nSPS) is 11.7. The molecule has 0 saturated carbocycles. The molecule has 114 valence electrons. The molecule has 0 saturated heterocycles. The number of para-hydroxylation sites is 1. The summed E-state index contributed by atoms with van der Waals surface area (Å²) in [6, 6.07) is 18.6. The fraction of sp³-hybridized carbons (Fsp3) is 0.190. The Balaban J connectivity index is 2.09. The van der Waals surface area contributed by atoms with Crippen LogP contribution >= 0.6 is 0 Å². The zero-order valence-electron chi connectivity index (χ0n) is 13.6. The summed E-state index contributed by atoms with van der Waals surface area (Å²) in [5, 5.41) is 2.29. The number of fused-ring (bicyclic) bond motifs is 3. The Kier molecular flexibility index (Phi) is 3.19. The van der Waals surface area contributed by atoms with Crippen LogP contribution in [0.1, 0.15) is 31.0 Å². The number of nitrogens with zero attached hydrogens (tertiary/aromatic N) is 1. The fourth-order valence-corrected chi connectivity index (χ4v) is 3.19. The number of rotatable bonds is 2. The van der Waals surface area contributed by atoms with E-state index in [0.29, 0.717) is 5.92 Å². The third kappa shape index (κ3) is 2.22. The maximum Gasteiger partial charge on any atom is 0.139 e. The Bertz CT molecular complexity index is 1010. The first kappa shape index (κ1) is 14.0. The first-order valence-electron chi connectivity index (χ1n) is 8.03. The van der Waals surface area contributed by atoms with Gasteiger partial charge in [-0.25, -0.2) is 0 Å². The van der Waals surface area contributed by atoms with E-state index in [1.165, 1.54) is 5.56 Å². The molecule has 2 aromatic carbocycles. The molecule has 0 unspecified atom stereocenters. The van der Waals surface area contributed by atoms with Gasteiger partial charge in [0.25, 0.3) is 0 Å². The smallest absolute Gasteiger partial charge is 0.139 e. The van der Waals surface area contributed by atoms with Gasteiger partial charge >= 0.3 is 0 Å². The van der Waals surface area contributed by atoms with E-state index in [0.717, 1.165) is 38.9 Å². The molecule has 0 atom stereocenters. The number of aromatic nitrogens is 1. The Morgan fingerprint density at radius 2 is 1.65 bits per heavy atom. The van der Waals surface area contributed by atoms with Crippen molar-refractivity contribution in [3.8, 4) is 11.3 Å². The van der Waals surface area contributed by atoms with Gasteiger partial charge in [0.1, 0.15) is 11.2 Å². The van der Waals surface area contributed by atoms with E-state index in [4.69, 9.17) is 9.40 Å².